The molecule has 2 heteroatoms. The summed E-state index contributed by atoms with van der Waals surface area (Å²) in [6, 6.07) is 2.68. The first-order chi connectivity index (χ1) is 8.61. The Kier molecular flexibility index (Phi) is 4.39. The van der Waals surface area contributed by atoms with E-state index in [4.69, 9.17) is 0 Å². The summed E-state index contributed by atoms with van der Waals surface area (Å²) in [4.78, 5) is 4.68. The predicted molar refractivity (Wildman–Crippen MR) is 76.6 cm³/mol. The first-order valence-electron chi connectivity index (χ1n) is 7.22. The molecule has 1 aromatic heterocycles. The van der Waals surface area contributed by atoms with Crippen LogP contribution in [0, 0.1) is 25.7 Å². The van der Waals surface area contributed by atoms with E-state index in [-0.39, 0.29) is 0 Å². The van der Waals surface area contributed by atoms with Gasteiger partial charge in [0.2, 0.25) is 0 Å². The van der Waals surface area contributed by atoms with Gasteiger partial charge in [0.15, 0.2) is 0 Å². The Morgan fingerprint density at radius 3 is 2.44 bits per heavy atom. The highest BCUT2D eigenvalue weighted by Gasteiger charge is 2.27. The maximum atomic E-state index is 4.68. The van der Waals surface area contributed by atoms with Crippen molar-refractivity contribution in [3.8, 4) is 0 Å². The minimum absolute atomic E-state index is 0.429. The van der Waals surface area contributed by atoms with Gasteiger partial charge in [-0.3, -0.25) is 4.98 Å². The van der Waals surface area contributed by atoms with Gasteiger partial charge in [-0.2, -0.15) is 0 Å². The van der Waals surface area contributed by atoms with E-state index in [0.29, 0.717) is 6.04 Å². The number of aryl methyl sites for hydroxylation is 2. The lowest BCUT2D eigenvalue weighted by Gasteiger charge is -2.33. The van der Waals surface area contributed by atoms with E-state index < -0.39 is 0 Å². The van der Waals surface area contributed by atoms with E-state index >= 15 is 0 Å². The SMILES string of the molecule is CNC(c1ncc(C)cc1C)C1CCC(C)CC1. The highest BCUT2D eigenvalue weighted by atomic mass is 14.9. The summed E-state index contributed by atoms with van der Waals surface area (Å²) >= 11 is 0. The number of aromatic nitrogens is 1. The molecule has 0 spiro atoms. The third kappa shape index (κ3) is 2.92. The molecular formula is C16H26N2. The number of hydrogen-bond donors (Lipinski definition) is 1. The van der Waals surface area contributed by atoms with E-state index in [0.717, 1.165) is 11.8 Å². The third-order valence-corrected chi connectivity index (χ3v) is 4.39. The average Bonchev–Trinajstić information content (AvgIpc) is 2.35. The minimum Gasteiger partial charge on any atom is -0.311 e. The monoisotopic (exact) mass is 246 g/mol. The Balaban J connectivity index is 2.17. The molecule has 2 nitrogen and oxygen atoms in total. The average molecular weight is 246 g/mol. The molecule has 0 amide bonds. The van der Waals surface area contributed by atoms with Gasteiger partial charge in [0.1, 0.15) is 0 Å². The molecule has 1 aromatic rings. The molecule has 1 aliphatic rings. The van der Waals surface area contributed by atoms with Crippen LogP contribution in [0.1, 0.15) is 55.5 Å². The van der Waals surface area contributed by atoms with Gasteiger partial charge in [0.05, 0.1) is 11.7 Å². The summed E-state index contributed by atoms with van der Waals surface area (Å²) in [5, 5.41) is 3.50. The molecule has 0 bridgehead atoms. The van der Waals surface area contributed by atoms with Crippen molar-refractivity contribution in [1.82, 2.24) is 10.3 Å². The van der Waals surface area contributed by atoms with Crippen LogP contribution in [0.5, 0.6) is 0 Å². The lowest BCUT2D eigenvalue weighted by atomic mass is 9.78. The highest BCUT2D eigenvalue weighted by molar-refractivity contribution is 5.26. The Hall–Kier alpha value is -0.890. The molecule has 1 aliphatic carbocycles. The number of nitrogens with zero attached hydrogens (tertiary/aromatic N) is 1. The zero-order valence-corrected chi connectivity index (χ0v) is 12.2. The van der Waals surface area contributed by atoms with Gasteiger partial charge in [-0.05, 0) is 56.7 Å². The van der Waals surface area contributed by atoms with Crippen molar-refractivity contribution in [1.29, 1.82) is 0 Å². The van der Waals surface area contributed by atoms with Gasteiger partial charge in [-0.15, -0.1) is 0 Å². The molecule has 1 N–H and O–H groups in total. The molecule has 18 heavy (non-hydrogen) atoms. The predicted octanol–water partition coefficient (Wildman–Crippen LogP) is 3.79. The summed E-state index contributed by atoms with van der Waals surface area (Å²) in [5.74, 6) is 1.66. The Bertz CT molecular complexity index is 392. The van der Waals surface area contributed by atoms with Crippen molar-refractivity contribution in [2.45, 2.75) is 52.5 Å². The molecule has 100 valence electrons. The molecule has 0 radical (unpaired) electrons. The van der Waals surface area contributed by atoms with Crippen LogP contribution >= 0.6 is 0 Å². The second kappa shape index (κ2) is 5.83. The summed E-state index contributed by atoms with van der Waals surface area (Å²) < 4.78 is 0. The molecule has 2 rings (SSSR count). The smallest absolute Gasteiger partial charge is 0.0605 e. The second-order valence-corrected chi connectivity index (χ2v) is 6.00. The highest BCUT2D eigenvalue weighted by Crippen LogP contribution is 2.36. The Labute approximate surface area is 111 Å². The lowest BCUT2D eigenvalue weighted by molar-refractivity contribution is 0.235. The topological polar surface area (TPSA) is 24.9 Å². The van der Waals surface area contributed by atoms with Crippen molar-refractivity contribution >= 4 is 0 Å². The molecule has 1 unspecified atom stereocenters. The molecule has 0 aliphatic heterocycles. The first kappa shape index (κ1) is 13.5. The van der Waals surface area contributed by atoms with Crippen LogP contribution in [0.25, 0.3) is 0 Å². The van der Waals surface area contributed by atoms with Gasteiger partial charge >= 0.3 is 0 Å². The standard InChI is InChI=1S/C16H26N2/c1-11-5-7-14(8-6-11)16(17-4)15-13(3)9-12(2)10-18-15/h9-11,14,16-17H,5-8H2,1-4H3. The van der Waals surface area contributed by atoms with Gasteiger partial charge in [-0.1, -0.05) is 25.8 Å². The van der Waals surface area contributed by atoms with Crippen LogP contribution in [0.2, 0.25) is 0 Å². The van der Waals surface area contributed by atoms with E-state index in [1.807, 2.05) is 6.20 Å². The molecule has 1 fully saturated rings. The van der Waals surface area contributed by atoms with Crippen molar-refractivity contribution in [2.24, 2.45) is 11.8 Å². The summed E-state index contributed by atoms with van der Waals surface area (Å²) in [7, 11) is 2.07. The van der Waals surface area contributed by atoms with Crippen LogP contribution in [0.15, 0.2) is 12.3 Å². The van der Waals surface area contributed by atoms with Crippen LogP contribution in [-0.2, 0) is 0 Å². The molecule has 0 aromatic carbocycles. The van der Waals surface area contributed by atoms with Gasteiger partial charge < -0.3 is 5.32 Å². The molecule has 0 saturated heterocycles. The summed E-state index contributed by atoms with van der Waals surface area (Å²) in [6.45, 7) is 6.67. The van der Waals surface area contributed by atoms with Crippen molar-refractivity contribution in [3.63, 3.8) is 0 Å². The Morgan fingerprint density at radius 1 is 1.22 bits per heavy atom. The number of pyridine rings is 1. The number of hydrogen-bond acceptors (Lipinski definition) is 2. The second-order valence-electron chi connectivity index (χ2n) is 6.00. The molecular weight excluding hydrogens is 220 g/mol. The van der Waals surface area contributed by atoms with Crippen molar-refractivity contribution in [3.05, 3.63) is 29.1 Å². The zero-order chi connectivity index (χ0) is 13.1. The fourth-order valence-electron chi connectivity index (χ4n) is 3.27. The largest absolute Gasteiger partial charge is 0.311 e. The molecule has 1 atom stereocenters. The van der Waals surface area contributed by atoms with E-state index in [1.165, 1.54) is 42.5 Å². The van der Waals surface area contributed by atoms with Crippen LogP contribution in [0.4, 0.5) is 0 Å². The van der Waals surface area contributed by atoms with E-state index in [9.17, 15) is 0 Å². The summed E-state index contributed by atoms with van der Waals surface area (Å²) in [6.07, 6.45) is 7.41. The van der Waals surface area contributed by atoms with Crippen LogP contribution in [-0.4, -0.2) is 12.0 Å². The first-order valence-corrected chi connectivity index (χ1v) is 7.22. The quantitative estimate of drug-likeness (QED) is 0.878. The maximum Gasteiger partial charge on any atom is 0.0605 e. The third-order valence-electron chi connectivity index (χ3n) is 4.39. The fraction of sp³-hybridized carbons (Fsp3) is 0.688. The molecule has 1 heterocycles. The lowest BCUT2D eigenvalue weighted by Crippen LogP contribution is -2.29. The van der Waals surface area contributed by atoms with Gasteiger partial charge in [0, 0.05) is 6.20 Å². The van der Waals surface area contributed by atoms with Crippen LogP contribution < -0.4 is 5.32 Å². The fourth-order valence-corrected chi connectivity index (χ4v) is 3.27. The van der Waals surface area contributed by atoms with Crippen molar-refractivity contribution in [2.75, 3.05) is 7.05 Å². The zero-order valence-electron chi connectivity index (χ0n) is 12.2. The Morgan fingerprint density at radius 2 is 1.89 bits per heavy atom. The summed E-state index contributed by atoms with van der Waals surface area (Å²) in [5.41, 5.74) is 3.83. The van der Waals surface area contributed by atoms with E-state index in [2.05, 4.69) is 44.2 Å². The minimum atomic E-state index is 0.429. The number of rotatable bonds is 3. The number of nitrogens with one attached hydrogen (secondary N) is 1. The van der Waals surface area contributed by atoms with Crippen LogP contribution in [0.3, 0.4) is 0 Å². The van der Waals surface area contributed by atoms with Crippen molar-refractivity contribution < 1.29 is 0 Å². The van der Waals surface area contributed by atoms with Gasteiger partial charge in [0.25, 0.3) is 0 Å². The molecule has 1 saturated carbocycles. The maximum absolute atomic E-state index is 4.68. The van der Waals surface area contributed by atoms with E-state index in [1.54, 1.807) is 0 Å². The normalized spacial score (nSPS) is 26.0. The van der Waals surface area contributed by atoms with Gasteiger partial charge in [-0.25, -0.2) is 0 Å².